The number of halogens is 3. The first-order valence-corrected chi connectivity index (χ1v) is 3.18. The van der Waals surface area contributed by atoms with E-state index in [4.69, 9.17) is 0 Å². The predicted octanol–water partition coefficient (Wildman–Crippen LogP) is -1.42. The van der Waals surface area contributed by atoms with Crippen LogP contribution in [0.4, 0.5) is 12.9 Å². The molecule has 0 N–H and O–H groups in total. The van der Waals surface area contributed by atoms with Crippen molar-refractivity contribution in [2.75, 3.05) is 0 Å². The molecule has 1 aromatic rings. The molecule has 1 aromatic heterocycles. The van der Waals surface area contributed by atoms with Crippen LogP contribution in [0.2, 0.25) is 0 Å². The van der Waals surface area contributed by atoms with Gasteiger partial charge in [0.1, 0.15) is 5.82 Å². The van der Waals surface area contributed by atoms with Crippen LogP contribution in [-0.4, -0.2) is 16.5 Å². The summed E-state index contributed by atoms with van der Waals surface area (Å²) in [5, 5.41) is 0. The van der Waals surface area contributed by atoms with E-state index in [9.17, 15) is 12.9 Å². The molecule has 0 aromatic carbocycles. The van der Waals surface area contributed by atoms with Crippen molar-refractivity contribution < 1.29 is 64.3 Å². The SMILES string of the molecule is Cc1nccn1C[B-](F)(F)F.[K+]. The number of aromatic nitrogens is 2. The molecule has 0 aliphatic rings. The van der Waals surface area contributed by atoms with Crippen LogP contribution in [0, 0.1) is 6.92 Å². The number of aryl methyl sites for hydroxylation is 1. The summed E-state index contributed by atoms with van der Waals surface area (Å²) >= 11 is 0. The molecule has 0 aliphatic carbocycles. The van der Waals surface area contributed by atoms with Gasteiger partial charge >= 0.3 is 58.4 Å². The Morgan fingerprint density at radius 3 is 2.42 bits per heavy atom. The van der Waals surface area contributed by atoms with E-state index in [-0.39, 0.29) is 51.4 Å². The molecule has 62 valence electrons. The molecule has 1 heterocycles. The van der Waals surface area contributed by atoms with Crippen molar-refractivity contribution in [1.82, 2.24) is 9.55 Å². The Morgan fingerprint density at radius 1 is 1.50 bits per heavy atom. The van der Waals surface area contributed by atoms with E-state index in [0.29, 0.717) is 5.82 Å². The van der Waals surface area contributed by atoms with Gasteiger partial charge in [0.15, 0.2) is 0 Å². The second-order valence-corrected chi connectivity index (χ2v) is 2.34. The molecule has 0 bridgehead atoms. The van der Waals surface area contributed by atoms with Gasteiger partial charge in [-0.15, -0.1) is 0 Å². The molecular formula is C5H7BF3KN2. The number of rotatable bonds is 2. The summed E-state index contributed by atoms with van der Waals surface area (Å²) in [5.74, 6) is 0.393. The van der Waals surface area contributed by atoms with Crippen LogP contribution in [0.3, 0.4) is 0 Å². The van der Waals surface area contributed by atoms with Crippen molar-refractivity contribution >= 4 is 6.98 Å². The summed E-state index contributed by atoms with van der Waals surface area (Å²) in [6.07, 6.45) is 1.79. The molecule has 0 aliphatic heterocycles. The topological polar surface area (TPSA) is 17.8 Å². The predicted molar refractivity (Wildman–Crippen MR) is 36.0 cm³/mol. The molecular weight excluding hydrogens is 195 g/mol. The summed E-state index contributed by atoms with van der Waals surface area (Å²) in [4.78, 5) is 3.67. The molecule has 12 heavy (non-hydrogen) atoms. The fourth-order valence-corrected chi connectivity index (χ4v) is 0.820. The van der Waals surface area contributed by atoms with Crippen molar-refractivity contribution in [1.29, 1.82) is 0 Å². The third-order valence-corrected chi connectivity index (χ3v) is 1.33. The number of hydrogen-bond acceptors (Lipinski definition) is 1. The van der Waals surface area contributed by atoms with Gasteiger partial charge in [0.2, 0.25) is 0 Å². The Bertz CT molecular complexity index is 247. The average molecular weight is 202 g/mol. The van der Waals surface area contributed by atoms with Crippen LogP contribution in [0.15, 0.2) is 12.4 Å². The minimum absolute atomic E-state index is 0. The van der Waals surface area contributed by atoms with Gasteiger partial charge in [0, 0.05) is 12.4 Å². The van der Waals surface area contributed by atoms with E-state index in [1.54, 1.807) is 6.92 Å². The van der Waals surface area contributed by atoms with Crippen molar-refractivity contribution in [2.45, 2.75) is 13.4 Å². The number of hydrogen-bond donors (Lipinski definition) is 0. The largest absolute Gasteiger partial charge is 1.00 e. The normalized spacial score (nSPS) is 11.0. The van der Waals surface area contributed by atoms with Gasteiger partial charge in [0.25, 0.3) is 0 Å². The van der Waals surface area contributed by atoms with E-state index in [1.807, 2.05) is 0 Å². The Balaban J connectivity index is 0.00000121. The maximum atomic E-state index is 11.8. The van der Waals surface area contributed by atoms with Gasteiger partial charge in [0.05, 0.1) is 0 Å². The first kappa shape index (κ1) is 12.7. The molecule has 0 radical (unpaired) electrons. The zero-order valence-electron chi connectivity index (χ0n) is 6.97. The first-order chi connectivity index (χ1) is 4.99. The minimum atomic E-state index is -4.75. The zero-order valence-corrected chi connectivity index (χ0v) is 10.1. The average Bonchev–Trinajstić information content (AvgIpc) is 2.12. The maximum absolute atomic E-state index is 11.8. The van der Waals surface area contributed by atoms with Crippen LogP contribution in [0.25, 0.3) is 0 Å². The molecule has 0 saturated carbocycles. The smallest absolute Gasteiger partial charge is 0.448 e. The Kier molecular flexibility index (Phi) is 5.08. The third kappa shape index (κ3) is 4.09. The quantitative estimate of drug-likeness (QED) is 0.538. The fourth-order valence-electron chi connectivity index (χ4n) is 0.820. The molecule has 0 spiro atoms. The Hall–Kier alpha value is 0.701. The monoisotopic (exact) mass is 202 g/mol. The number of imidazole rings is 1. The summed E-state index contributed by atoms with van der Waals surface area (Å²) in [6, 6.07) is 0. The molecule has 0 saturated heterocycles. The second-order valence-electron chi connectivity index (χ2n) is 2.34. The molecule has 0 unspecified atom stereocenters. The van der Waals surface area contributed by atoms with Crippen molar-refractivity contribution in [3.63, 3.8) is 0 Å². The third-order valence-electron chi connectivity index (χ3n) is 1.33. The summed E-state index contributed by atoms with van der Waals surface area (Å²) in [6.45, 7) is -3.21. The standard InChI is InChI=1S/C5H7BF3N2.K/c1-5-10-2-3-11(5)4-6(7,8)9;/h2-3H,4H2,1H3;/q-1;+1. The van der Waals surface area contributed by atoms with Gasteiger partial charge in [-0.2, -0.15) is 0 Å². The maximum Gasteiger partial charge on any atom is 1.00 e. The molecule has 0 fully saturated rings. The van der Waals surface area contributed by atoms with Gasteiger partial charge in [-0.25, -0.2) is 4.98 Å². The first-order valence-electron chi connectivity index (χ1n) is 3.18. The molecule has 0 amide bonds. The summed E-state index contributed by atoms with van der Waals surface area (Å²) in [7, 11) is 0. The summed E-state index contributed by atoms with van der Waals surface area (Å²) < 4.78 is 36.5. The van der Waals surface area contributed by atoms with Crippen LogP contribution >= 0.6 is 0 Å². The Labute approximate surface area is 111 Å². The van der Waals surface area contributed by atoms with E-state index < -0.39 is 13.4 Å². The van der Waals surface area contributed by atoms with Crippen LogP contribution < -0.4 is 51.4 Å². The van der Waals surface area contributed by atoms with Gasteiger partial charge in [-0.05, 0) is 13.4 Å². The van der Waals surface area contributed by atoms with Crippen molar-refractivity contribution in [2.24, 2.45) is 0 Å². The fraction of sp³-hybridized carbons (Fsp3) is 0.400. The molecule has 2 nitrogen and oxygen atoms in total. The van der Waals surface area contributed by atoms with E-state index in [0.717, 1.165) is 4.57 Å². The minimum Gasteiger partial charge on any atom is -0.448 e. The van der Waals surface area contributed by atoms with Crippen molar-refractivity contribution in [3.8, 4) is 0 Å². The zero-order chi connectivity index (χ0) is 8.48. The summed E-state index contributed by atoms with van der Waals surface area (Å²) in [5.41, 5.74) is 0. The van der Waals surface area contributed by atoms with E-state index >= 15 is 0 Å². The Morgan fingerprint density at radius 2 is 2.08 bits per heavy atom. The van der Waals surface area contributed by atoms with Gasteiger partial charge in [-0.3, -0.25) is 0 Å². The van der Waals surface area contributed by atoms with Crippen LogP contribution in [-0.2, 0) is 6.44 Å². The molecule has 0 atom stereocenters. The van der Waals surface area contributed by atoms with Gasteiger partial charge < -0.3 is 17.5 Å². The van der Waals surface area contributed by atoms with Crippen molar-refractivity contribution in [3.05, 3.63) is 18.2 Å². The van der Waals surface area contributed by atoms with Crippen LogP contribution in [0.1, 0.15) is 5.82 Å². The van der Waals surface area contributed by atoms with E-state index in [1.165, 1.54) is 12.4 Å². The molecule has 1 rings (SSSR count). The number of nitrogens with zero attached hydrogens (tertiary/aromatic N) is 2. The van der Waals surface area contributed by atoms with Gasteiger partial charge in [-0.1, -0.05) is 0 Å². The second kappa shape index (κ2) is 4.80. The molecule has 7 heteroatoms. The van der Waals surface area contributed by atoms with E-state index in [2.05, 4.69) is 4.98 Å². The van der Waals surface area contributed by atoms with Crippen LogP contribution in [0.5, 0.6) is 0 Å².